The second-order valence-corrected chi connectivity index (χ2v) is 21.5. The number of hydrogen-bond acceptors (Lipinski definition) is 13. The molecule has 0 bridgehead atoms. The maximum absolute atomic E-state index is 14.6. The first kappa shape index (κ1) is 63.2. The molecule has 2 saturated heterocycles. The van der Waals surface area contributed by atoms with Crippen molar-refractivity contribution in [3.63, 3.8) is 0 Å². The van der Waals surface area contributed by atoms with Gasteiger partial charge in [0.1, 0.15) is 42.3 Å². The summed E-state index contributed by atoms with van der Waals surface area (Å²) in [6.07, 6.45) is -2.70. The number of nitrogens with zero attached hydrogens (tertiary/aromatic N) is 5. The molecule has 23 nitrogen and oxygen atoms in total. The Morgan fingerprint density at radius 3 is 1.56 bits per heavy atom. The third-order valence-corrected chi connectivity index (χ3v) is 14.0. The van der Waals surface area contributed by atoms with E-state index in [4.69, 9.17) is 4.74 Å². The topological polar surface area (TPSA) is 310 Å². The standard InChI is InChI=1S/C50H84N8O15/c1-17-28(9)36-47(69)55(14)37(26(5)6)42(64)51-30(22-25(3)4)45(67)57(16)40(50(11,12)72)49(71)73-39(29(10)18-2)48(70)56(15)38(27(7)8)43(65)52-31(23-34(59)60)44(66)54(13)33(24-35(61)62)46(68)58-21-19-20-32(58)41(63)53-36/h25-33,36-40,72H,17-24H2,1-16H3,(H,51,64)(H,52,65)(H,53,63)(H,59,60)(H,61,62)/t28?,29?,30-,31-,32-,33-,36-,37-,38-,39+,40+/m0/s1. The van der Waals surface area contributed by atoms with Crippen LogP contribution in [0.3, 0.4) is 0 Å². The molecule has 11 atom stereocenters. The highest BCUT2D eigenvalue weighted by molar-refractivity contribution is 6.00. The number of aliphatic carboxylic acids is 2. The molecule has 6 N–H and O–H groups in total. The van der Waals surface area contributed by atoms with E-state index in [1.165, 1.54) is 39.9 Å². The maximum Gasteiger partial charge on any atom is 0.332 e. The van der Waals surface area contributed by atoms with Crippen LogP contribution in [0.25, 0.3) is 0 Å². The summed E-state index contributed by atoms with van der Waals surface area (Å²) in [5, 5.41) is 39.5. The summed E-state index contributed by atoms with van der Waals surface area (Å²) in [4.78, 5) is 160. The number of amides is 8. The SMILES string of the molecule is CCC(C)[C@@H]1NC(=O)[C@@H]2CCCN2C(=O)[C@H](CC(=O)O)N(C)C(=O)[C@H](CC(=O)O)NC(=O)[C@H](C(C)C)N(C)C(=O)[C@@H](C(C)CC)OC(=O)[C@H](C(C)(C)O)N(C)C(=O)[C@H](CC(C)C)NC(=O)[C@H](C(C)C)N(C)C1=O. The van der Waals surface area contributed by atoms with E-state index in [1.807, 2.05) is 0 Å². The first-order valence-electron chi connectivity index (χ1n) is 25.3. The minimum atomic E-state index is -2.03. The van der Waals surface area contributed by atoms with Gasteiger partial charge in [-0.1, -0.05) is 75.7 Å². The van der Waals surface area contributed by atoms with Crippen LogP contribution in [0, 0.1) is 29.6 Å². The Morgan fingerprint density at radius 2 is 1.11 bits per heavy atom. The molecule has 0 aromatic rings. The Hall–Kier alpha value is -5.87. The number of ether oxygens (including phenoxy) is 1. The van der Waals surface area contributed by atoms with E-state index < -0.39 is 162 Å². The Kier molecular flexibility index (Phi) is 23.3. The maximum atomic E-state index is 14.6. The Bertz CT molecular complexity index is 2040. The van der Waals surface area contributed by atoms with Crippen molar-refractivity contribution in [2.45, 2.75) is 188 Å². The molecule has 2 heterocycles. The molecule has 2 aliphatic rings. The summed E-state index contributed by atoms with van der Waals surface area (Å²) in [7, 11) is 4.91. The fraction of sp³-hybridized carbons (Fsp3) is 0.780. The second-order valence-electron chi connectivity index (χ2n) is 21.5. The average molecular weight is 1040 g/mol. The summed E-state index contributed by atoms with van der Waals surface area (Å²) in [6.45, 7) is 19.3. The molecule has 0 aliphatic carbocycles. The molecular weight excluding hydrogens is 953 g/mol. The molecule has 2 aliphatic heterocycles. The largest absolute Gasteiger partial charge is 0.481 e. The van der Waals surface area contributed by atoms with Gasteiger partial charge in [-0.2, -0.15) is 0 Å². The smallest absolute Gasteiger partial charge is 0.332 e. The highest BCUT2D eigenvalue weighted by Crippen LogP contribution is 2.27. The van der Waals surface area contributed by atoms with Gasteiger partial charge in [0.2, 0.25) is 41.4 Å². The summed E-state index contributed by atoms with van der Waals surface area (Å²) >= 11 is 0. The summed E-state index contributed by atoms with van der Waals surface area (Å²) < 4.78 is 5.92. The number of aliphatic hydroxyl groups is 1. The van der Waals surface area contributed by atoms with Crippen molar-refractivity contribution in [1.82, 2.24) is 40.4 Å². The quantitative estimate of drug-likeness (QED) is 0.139. The van der Waals surface area contributed by atoms with E-state index in [-0.39, 0.29) is 38.1 Å². The van der Waals surface area contributed by atoms with Gasteiger partial charge < -0.3 is 60.5 Å². The lowest BCUT2D eigenvalue weighted by Crippen LogP contribution is -2.63. The predicted molar refractivity (Wildman–Crippen MR) is 265 cm³/mol. The van der Waals surface area contributed by atoms with Gasteiger partial charge in [-0.05, 0) is 63.2 Å². The van der Waals surface area contributed by atoms with Gasteiger partial charge >= 0.3 is 17.9 Å². The number of esters is 1. The van der Waals surface area contributed by atoms with Crippen LogP contribution in [-0.2, 0) is 57.5 Å². The molecule has 23 heteroatoms. The van der Waals surface area contributed by atoms with Gasteiger partial charge in [-0.25, -0.2) is 4.79 Å². The van der Waals surface area contributed by atoms with Crippen molar-refractivity contribution in [3.05, 3.63) is 0 Å². The van der Waals surface area contributed by atoms with Crippen LogP contribution in [0.5, 0.6) is 0 Å². The zero-order valence-electron chi connectivity index (χ0n) is 45.7. The molecular formula is C50H84N8O15. The van der Waals surface area contributed by atoms with E-state index in [1.54, 1.807) is 69.2 Å². The van der Waals surface area contributed by atoms with Crippen LogP contribution in [-0.4, -0.2) is 200 Å². The Labute approximate surface area is 429 Å². The van der Waals surface area contributed by atoms with Gasteiger partial charge in [-0.15, -0.1) is 0 Å². The summed E-state index contributed by atoms with van der Waals surface area (Å²) in [5.41, 5.74) is -2.03. The van der Waals surface area contributed by atoms with E-state index >= 15 is 0 Å². The lowest BCUT2D eigenvalue weighted by molar-refractivity contribution is -0.177. The number of carbonyl (C=O) groups excluding carboxylic acids is 9. The molecule has 2 fully saturated rings. The average Bonchev–Trinajstić information content (AvgIpc) is 3.78. The van der Waals surface area contributed by atoms with Crippen molar-refractivity contribution in [1.29, 1.82) is 0 Å². The van der Waals surface area contributed by atoms with Crippen LogP contribution < -0.4 is 16.0 Å². The van der Waals surface area contributed by atoms with Crippen molar-refractivity contribution in [3.8, 4) is 0 Å². The zero-order chi connectivity index (χ0) is 56.3. The second kappa shape index (κ2) is 26.9. The Balaban J connectivity index is 3.02. The van der Waals surface area contributed by atoms with Gasteiger partial charge in [0.25, 0.3) is 5.91 Å². The number of carboxylic acid groups (broad SMARTS) is 2. The number of carboxylic acids is 2. The molecule has 0 aromatic carbocycles. The van der Waals surface area contributed by atoms with Gasteiger partial charge in [0.15, 0.2) is 12.1 Å². The molecule has 0 saturated carbocycles. The van der Waals surface area contributed by atoms with E-state index in [0.29, 0.717) is 11.3 Å². The van der Waals surface area contributed by atoms with Crippen molar-refractivity contribution < 1.29 is 72.8 Å². The lowest BCUT2D eigenvalue weighted by Gasteiger charge is -2.39. The molecule has 414 valence electrons. The minimum absolute atomic E-state index is 0.0344. The number of nitrogens with one attached hydrogen (secondary N) is 3. The number of rotatable bonds is 13. The summed E-state index contributed by atoms with van der Waals surface area (Å²) in [6, 6.07) is -12.1. The van der Waals surface area contributed by atoms with Crippen molar-refractivity contribution in [2.24, 2.45) is 29.6 Å². The molecule has 0 radical (unpaired) electrons. The molecule has 2 unspecified atom stereocenters. The normalized spacial score (nSPS) is 27.7. The Morgan fingerprint density at radius 1 is 0.630 bits per heavy atom. The van der Waals surface area contributed by atoms with E-state index in [9.17, 15) is 68.1 Å². The van der Waals surface area contributed by atoms with E-state index in [0.717, 1.165) is 21.7 Å². The third-order valence-electron chi connectivity index (χ3n) is 14.0. The third kappa shape index (κ3) is 16.1. The molecule has 2 rings (SSSR count). The lowest BCUT2D eigenvalue weighted by atomic mass is 9.93. The van der Waals surface area contributed by atoms with E-state index in [2.05, 4.69) is 16.0 Å². The highest BCUT2D eigenvalue weighted by Gasteiger charge is 2.48. The van der Waals surface area contributed by atoms with Crippen LogP contribution in [0.15, 0.2) is 0 Å². The summed E-state index contributed by atoms with van der Waals surface area (Å²) in [5.74, 6) is -14.3. The van der Waals surface area contributed by atoms with Crippen LogP contribution >= 0.6 is 0 Å². The first-order chi connectivity index (χ1) is 33.7. The molecule has 0 spiro atoms. The number of likely N-dealkylation sites (N-methyl/N-ethyl adjacent to an activating group) is 4. The number of hydrogen-bond donors (Lipinski definition) is 6. The minimum Gasteiger partial charge on any atom is -0.481 e. The fourth-order valence-electron chi connectivity index (χ4n) is 9.62. The van der Waals surface area contributed by atoms with Gasteiger partial charge in [0.05, 0.1) is 18.4 Å². The zero-order valence-corrected chi connectivity index (χ0v) is 45.7. The molecule has 0 aromatic heterocycles. The number of carbonyl (C=O) groups is 11. The van der Waals surface area contributed by atoms with Crippen LogP contribution in [0.2, 0.25) is 0 Å². The fourth-order valence-corrected chi connectivity index (χ4v) is 9.62. The van der Waals surface area contributed by atoms with Crippen molar-refractivity contribution >= 4 is 65.2 Å². The highest BCUT2D eigenvalue weighted by atomic mass is 16.6. The van der Waals surface area contributed by atoms with Gasteiger partial charge in [-0.3, -0.25) is 47.9 Å². The monoisotopic (exact) mass is 1040 g/mol. The predicted octanol–water partition coefficient (Wildman–Crippen LogP) is 0.836. The van der Waals surface area contributed by atoms with Gasteiger partial charge in [0, 0.05) is 40.7 Å². The first-order valence-corrected chi connectivity index (χ1v) is 25.3. The van der Waals surface area contributed by atoms with Crippen LogP contribution in [0.4, 0.5) is 0 Å². The molecule has 8 amide bonds. The number of fused-ring (bicyclic) bond motifs is 1. The van der Waals surface area contributed by atoms with Crippen LogP contribution in [0.1, 0.15) is 128 Å². The van der Waals surface area contributed by atoms with Crippen molar-refractivity contribution in [2.75, 3.05) is 34.7 Å². The molecule has 73 heavy (non-hydrogen) atoms. The number of cyclic esters (lactones) is 1.